The van der Waals surface area contributed by atoms with Gasteiger partial charge in [0.1, 0.15) is 40.5 Å². The number of carbonyl (C=O) groups is 5. The van der Waals surface area contributed by atoms with Crippen molar-refractivity contribution in [2.75, 3.05) is 18.1 Å². The van der Waals surface area contributed by atoms with E-state index in [0.717, 1.165) is 21.3 Å². The third-order valence-corrected chi connectivity index (χ3v) is 9.87. The van der Waals surface area contributed by atoms with Gasteiger partial charge in [0, 0.05) is 23.4 Å². The van der Waals surface area contributed by atoms with Crippen molar-refractivity contribution in [2.24, 2.45) is 0 Å². The van der Waals surface area contributed by atoms with E-state index < -0.39 is 65.7 Å². The minimum absolute atomic E-state index is 0.0415. The Balaban J connectivity index is 1.28. The van der Waals surface area contributed by atoms with Gasteiger partial charge >= 0.3 is 11.9 Å². The molecule has 2 aliphatic heterocycles. The maximum Gasteiger partial charge on any atom is 0.352 e. The summed E-state index contributed by atoms with van der Waals surface area (Å²) in [4.78, 5) is 79.1. The Morgan fingerprint density at radius 3 is 2.62 bits per heavy atom. The molecule has 1 fully saturated rings. The number of hydrogen-bond acceptors (Lipinski definition) is 13. The lowest BCUT2D eigenvalue weighted by Crippen LogP contribution is -2.71. The van der Waals surface area contributed by atoms with Gasteiger partial charge in [-0.1, -0.05) is 35.5 Å². The summed E-state index contributed by atoms with van der Waals surface area (Å²) in [5.74, 6) is -4.99. The number of aromatic hydroxyl groups is 1. The molecule has 18 nitrogen and oxygen atoms in total. The molecule has 5 rings (SSSR count). The lowest BCUT2D eigenvalue weighted by atomic mass is 10.0. The number of fused-ring (bicyclic) bond motifs is 1. The van der Waals surface area contributed by atoms with Crippen LogP contribution in [-0.2, 0) is 30.5 Å². The van der Waals surface area contributed by atoms with Crippen LogP contribution in [0.25, 0.3) is 0 Å². The molecule has 3 amide bonds. The van der Waals surface area contributed by atoms with Gasteiger partial charge in [0.2, 0.25) is 16.5 Å². The maximum absolute atomic E-state index is 13.5. The van der Waals surface area contributed by atoms with E-state index in [9.17, 15) is 39.0 Å². The third-order valence-electron chi connectivity index (χ3n) is 7.03. The van der Waals surface area contributed by atoms with Crippen molar-refractivity contribution in [3.8, 4) is 11.5 Å². The van der Waals surface area contributed by atoms with Crippen molar-refractivity contribution in [3.05, 3.63) is 68.2 Å². The van der Waals surface area contributed by atoms with Gasteiger partial charge in [0.05, 0.1) is 0 Å². The Bertz CT molecular complexity index is 1880. The molecular formula is C27H25ClN8O10S2. The zero-order chi connectivity index (χ0) is 34.7. The molecule has 0 spiro atoms. The molecule has 0 saturated carbocycles. The van der Waals surface area contributed by atoms with Crippen molar-refractivity contribution in [1.29, 1.82) is 0 Å². The Morgan fingerprint density at radius 2 is 1.94 bits per heavy atom. The van der Waals surface area contributed by atoms with Gasteiger partial charge in [0.15, 0.2) is 12.4 Å². The number of aliphatic carboxylic acids is 2. The number of amides is 3. The number of hydrogen-bond donors (Lipinski definition) is 6. The molecule has 0 radical (unpaired) electrons. The van der Waals surface area contributed by atoms with Crippen LogP contribution in [0.3, 0.4) is 0 Å². The molecule has 2 aliphatic rings. The maximum atomic E-state index is 13.5. The first-order chi connectivity index (χ1) is 22.8. The first-order valence-electron chi connectivity index (χ1n) is 13.8. The number of nitrogens with zero attached hydrogens (tertiary/aromatic N) is 5. The van der Waals surface area contributed by atoms with Crippen molar-refractivity contribution in [3.63, 3.8) is 0 Å². The highest BCUT2D eigenvalue weighted by molar-refractivity contribution is 8.01. The van der Waals surface area contributed by atoms with E-state index in [1.807, 2.05) is 0 Å². The monoisotopic (exact) mass is 720 g/mol. The Morgan fingerprint density at radius 1 is 1.21 bits per heavy atom. The summed E-state index contributed by atoms with van der Waals surface area (Å²) in [5, 5.41) is 43.9. The summed E-state index contributed by atoms with van der Waals surface area (Å²) < 4.78 is 6.35. The molecule has 21 heteroatoms. The van der Waals surface area contributed by atoms with Crippen LogP contribution in [0.5, 0.6) is 11.5 Å². The van der Waals surface area contributed by atoms with Gasteiger partial charge < -0.3 is 35.7 Å². The Kier molecular flexibility index (Phi) is 10.2. The summed E-state index contributed by atoms with van der Waals surface area (Å²) in [6.45, 7) is 0.410. The average Bonchev–Trinajstić information content (AvgIpc) is 3.49. The minimum atomic E-state index is -1.38. The number of phenols is 1. The minimum Gasteiger partial charge on any atom is -0.508 e. The number of β-lactam (4-membered cyclic amide) rings is 1. The fraction of sp³-hybridized carbons (Fsp3) is 0.296. The molecule has 48 heavy (non-hydrogen) atoms. The van der Waals surface area contributed by atoms with Crippen LogP contribution in [0.15, 0.2) is 51.7 Å². The summed E-state index contributed by atoms with van der Waals surface area (Å²) in [6, 6.07) is 2.84. The lowest BCUT2D eigenvalue weighted by Gasteiger charge is -2.49. The van der Waals surface area contributed by atoms with Gasteiger partial charge in [-0.3, -0.25) is 28.9 Å². The number of carbonyl (C=O) groups excluding carboxylic acids is 3. The molecule has 3 aromatic rings. The standard InChI is InChI=1S/C27H25ClN8O10S2/c1-11-18(28)22(41)15(6-29-11)46-8-16(38)30-19(12-2-4-14(37)5-3-12)23(42)31-20-24(43)36-21(26(44)45)13(9-47-25(20)36)10-48-27-32-33-34-35(27)7-17(39)40/h2-6,19-20,25,37H,7-10H2,1H3,(H,29,41)(H,30,38)(H,31,42)(H,39,40)(H,44,45)/t19?,20?,25-/m1/s1. The number of nitrogens with one attached hydrogen (secondary N) is 3. The number of carboxylic acids is 2. The second-order valence-corrected chi connectivity index (χ2v) is 12.7. The molecule has 0 aliphatic carbocycles. The van der Waals surface area contributed by atoms with Gasteiger partial charge in [-0.15, -0.1) is 16.9 Å². The number of pyridine rings is 1. The van der Waals surface area contributed by atoms with E-state index in [0.29, 0.717) is 11.3 Å². The zero-order valence-electron chi connectivity index (χ0n) is 24.6. The molecule has 6 N–H and O–H groups in total. The third kappa shape index (κ3) is 7.24. The quantitative estimate of drug-likeness (QED) is 0.0994. The molecule has 252 valence electrons. The molecule has 1 aromatic carbocycles. The number of rotatable bonds is 13. The number of halogens is 1. The van der Waals surface area contributed by atoms with Gasteiger partial charge in [-0.2, -0.15) is 0 Å². The Labute approximate surface area is 282 Å². The number of aromatic nitrogens is 5. The number of thioether (sulfide) groups is 2. The molecule has 3 atom stereocenters. The smallest absolute Gasteiger partial charge is 0.352 e. The van der Waals surface area contributed by atoms with Crippen molar-refractivity contribution in [2.45, 2.75) is 36.1 Å². The first kappa shape index (κ1) is 34.3. The summed E-state index contributed by atoms with van der Waals surface area (Å²) >= 11 is 8.15. The number of ether oxygens (including phenoxy) is 1. The molecule has 4 heterocycles. The predicted molar refractivity (Wildman–Crippen MR) is 167 cm³/mol. The molecule has 2 unspecified atom stereocenters. The average molecular weight is 721 g/mol. The molecular weight excluding hydrogens is 696 g/mol. The second kappa shape index (κ2) is 14.4. The SMILES string of the molecule is Cc1[nH]cc(OCC(=O)NC(C(=O)NC2C(=O)N3C(C(=O)O)=C(CSc4nnnn4CC(=O)O)CS[C@H]23)c2ccc(O)cc2)c(=O)c1Cl. The van der Waals surface area contributed by atoms with Crippen molar-refractivity contribution >= 4 is 64.8 Å². The number of H-pyrrole nitrogens is 1. The van der Waals surface area contributed by atoms with Crippen molar-refractivity contribution in [1.82, 2.24) is 40.7 Å². The number of phenolic OH excluding ortho intramolecular Hbond substituents is 1. The molecule has 0 bridgehead atoms. The topological polar surface area (TPSA) is 259 Å². The number of tetrazole rings is 1. The van der Waals surface area contributed by atoms with Crippen LogP contribution >= 0.6 is 35.1 Å². The van der Waals surface area contributed by atoms with E-state index in [4.69, 9.17) is 21.4 Å². The Hall–Kier alpha value is -5.08. The van der Waals surface area contributed by atoms with Crippen molar-refractivity contribution < 1.29 is 44.0 Å². The van der Waals surface area contributed by atoms with E-state index in [2.05, 4.69) is 31.1 Å². The fourth-order valence-electron chi connectivity index (χ4n) is 4.71. The van der Waals surface area contributed by atoms with Gasteiger partial charge in [-0.05, 0) is 40.6 Å². The largest absolute Gasteiger partial charge is 0.508 e. The zero-order valence-corrected chi connectivity index (χ0v) is 27.0. The van der Waals surface area contributed by atoms with E-state index in [1.54, 1.807) is 6.92 Å². The number of carboxylic acid groups (broad SMARTS) is 2. The van der Waals surface area contributed by atoms with E-state index in [1.165, 1.54) is 42.2 Å². The van der Waals surface area contributed by atoms with E-state index >= 15 is 0 Å². The van der Waals surface area contributed by atoms with Gasteiger partial charge in [0.25, 0.3) is 11.8 Å². The second-order valence-electron chi connectivity index (χ2n) is 10.3. The van der Waals surface area contributed by atoms with Crippen LogP contribution in [0.2, 0.25) is 5.02 Å². The molecule has 2 aromatic heterocycles. The highest BCUT2D eigenvalue weighted by Gasteiger charge is 2.54. The number of aromatic amines is 1. The summed E-state index contributed by atoms with van der Waals surface area (Å²) in [6.07, 6.45) is 1.24. The molecule has 1 saturated heterocycles. The van der Waals surface area contributed by atoms with Crippen LogP contribution in [0.1, 0.15) is 17.3 Å². The lowest BCUT2D eigenvalue weighted by molar-refractivity contribution is -0.151. The number of aryl methyl sites for hydroxylation is 1. The fourth-order valence-corrected chi connectivity index (χ4v) is 7.22. The van der Waals surface area contributed by atoms with Crippen LogP contribution in [0.4, 0.5) is 0 Å². The summed E-state index contributed by atoms with van der Waals surface area (Å²) in [5.41, 5.74) is 0.0948. The van der Waals surface area contributed by atoms with Gasteiger partial charge in [-0.25, -0.2) is 9.48 Å². The first-order valence-corrected chi connectivity index (χ1v) is 16.2. The van der Waals surface area contributed by atoms with Crippen LogP contribution in [0, 0.1) is 6.92 Å². The normalized spacial score (nSPS) is 17.6. The highest BCUT2D eigenvalue weighted by Crippen LogP contribution is 2.41. The van der Waals surface area contributed by atoms with Crippen LogP contribution in [-0.4, -0.2) is 105 Å². The summed E-state index contributed by atoms with van der Waals surface area (Å²) in [7, 11) is 0. The predicted octanol–water partition coefficient (Wildman–Crippen LogP) is -0.119. The number of benzene rings is 1. The van der Waals surface area contributed by atoms with Crippen LogP contribution < -0.4 is 20.8 Å². The van der Waals surface area contributed by atoms with E-state index in [-0.39, 0.29) is 44.4 Å². The highest BCUT2D eigenvalue weighted by atomic mass is 35.5.